The number of carbonyl (C=O) groups is 1. The van der Waals surface area contributed by atoms with E-state index >= 15 is 0 Å². The van der Waals surface area contributed by atoms with Crippen LogP contribution >= 0.6 is 0 Å². The van der Waals surface area contributed by atoms with Crippen molar-refractivity contribution in [2.24, 2.45) is 5.73 Å². The van der Waals surface area contributed by atoms with Gasteiger partial charge in [0.1, 0.15) is 6.04 Å². The molecule has 0 aliphatic carbocycles. The number of benzene rings is 1. The third-order valence-electron chi connectivity index (χ3n) is 2.16. The predicted octanol–water partition coefficient (Wildman–Crippen LogP) is 0.997. The van der Waals surface area contributed by atoms with Gasteiger partial charge in [-0.25, -0.2) is 0 Å². The molecule has 3 heteroatoms. The van der Waals surface area contributed by atoms with Crippen molar-refractivity contribution in [1.82, 2.24) is 0 Å². The zero-order valence-electron chi connectivity index (χ0n) is 7.90. The molecular weight excluding hydrogens is 164 g/mol. The Balaban J connectivity index is 2.79. The van der Waals surface area contributed by atoms with E-state index in [4.69, 9.17) is 5.73 Å². The highest BCUT2D eigenvalue weighted by atomic mass is 16.1. The molecule has 1 aromatic rings. The Morgan fingerprint density at radius 2 is 1.92 bits per heavy atom. The van der Waals surface area contributed by atoms with Crippen LogP contribution in [0.2, 0.25) is 0 Å². The number of anilines is 1. The molecule has 0 fully saturated rings. The SMILES string of the molecule is CC(C(N)=O)N(C)c1ccccc1. The second kappa shape index (κ2) is 3.94. The standard InChI is InChI=1S/C10H14N2O/c1-8(10(11)13)12(2)9-6-4-3-5-7-9/h3-8H,1-2H3,(H2,11,13). The molecule has 70 valence electrons. The van der Waals surface area contributed by atoms with Crippen molar-refractivity contribution in [3.8, 4) is 0 Å². The number of nitrogens with zero attached hydrogens (tertiary/aromatic N) is 1. The number of hydrogen-bond donors (Lipinski definition) is 1. The van der Waals surface area contributed by atoms with Gasteiger partial charge in [-0.15, -0.1) is 0 Å². The normalized spacial score (nSPS) is 12.2. The molecule has 13 heavy (non-hydrogen) atoms. The molecule has 0 spiro atoms. The molecule has 0 bridgehead atoms. The molecule has 0 saturated carbocycles. The summed E-state index contributed by atoms with van der Waals surface area (Å²) in [6.07, 6.45) is 0. The number of nitrogens with two attached hydrogens (primary N) is 1. The Labute approximate surface area is 78.2 Å². The van der Waals surface area contributed by atoms with Crippen LogP contribution in [0, 0.1) is 0 Å². The Morgan fingerprint density at radius 3 is 2.38 bits per heavy atom. The average Bonchev–Trinajstić information content (AvgIpc) is 2.17. The maximum atomic E-state index is 10.9. The van der Waals surface area contributed by atoms with Gasteiger partial charge in [0.25, 0.3) is 0 Å². The number of amides is 1. The van der Waals surface area contributed by atoms with Crippen molar-refractivity contribution in [3.05, 3.63) is 30.3 Å². The van der Waals surface area contributed by atoms with Gasteiger partial charge in [0.15, 0.2) is 0 Å². The quantitative estimate of drug-likeness (QED) is 0.750. The molecule has 0 saturated heterocycles. The fourth-order valence-electron chi connectivity index (χ4n) is 1.08. The van der Waals surface area contributed by atoms with Crippen molar-refractivity contribution in [2.75, 3.05) is 11.9 Å². The van der Waals surface area contributed by atoms with Gasteiger partial charge in [-0.1, -0.05) is 18.2 Å². The Morgan fingerprint density at radius 1 is 1.38 bits per heavy atom. The van der Waals surface area contributed by atoms with Crippen LogP contribution in [0.15, 0.2) is 30.3 Å². The van der Waals surface area contributed by atoms with Gasteiger partial charge in [-0.2, -0.15) is 0 Å². The molecule has 1 unspecified atom stereocenters. The van der Waals surface area contributed by atoms with E-state index in [1.165, 1.54) is 0 Å². The van der Waals surface area contributed by atoms with Crippen molar-refractivity contribution in [1.29, 1.82) is 0 Å². The van der Waals surface area contributed by atoms with Crippen LogP contribution in [-0.2, 0) is 4.79 Å². The number of rotatable bonds is 3. The summed E-state index contributed by atoms with van der Waals surface area (Å²) in [5.74, 6) is -0.314. The highest BCUT2D eigenvalue weighted by Crippen LogP contribution is 2.13. The lowest BCUT2D eigenvalue weighted by Gasteiger charge is -2.24. The summed E-state index contributed by atoms with van der Waals surface area (Å²) in [5.41, 5.74) is 6.19. The molecule has 0 radical (unpaired) electrons. The van der Waals surface area contributed by atoms with E-state index in [1.54, 1.807) is 6.92 Å². The maximum absolute atomic E-state index is 10.9. The highest BCUT2D eigenvalue weighted by molar-refractivity contribution is 5.82. The van der Waals surface area contributed by atoms with E-state index in [-0.39, 0.29) is 11.9 Å². The van der Waals surface area contributed by atoms with E-state index in [2.05, 4.69) is 0 Å². The molecule has 1 atom stereocenters. The van der Waals surface area contributed by atoms with Gasteiger partial charge in [0, 0.05) is 12.7 Å². The van der Waals surface area contributed by atoms with Crippen LogP contribution < -0.4 is 10.6 Å². The summed E-state index contributed by atoms with van der Waals surface area (Å²) in [5, 5.41) is 0. The highest BCUT2D eigenvalue weighted by Gasteiger charge is 2.14. The van der Waals surface area contributed by atoms with Crippen LogP contribution in [-0.4, -0.2) is 19.0 Å². The van der Waals surface area contributed by atoms with Gasteiger partial charge in [-0.05, 0) is 19.1 Å². The first kappa shape index (κ1) is 9.58. The van der Waals surface area contributed by atoms with Gasteiger partial charge < -0.3 is 10.6 Å². The minimum Gasteiger partial charge on any atom is -0.368 e. The third kappa shape index (κ3) is 2.21. The molecule has 0 aliphatic heterocycles. The summed E-state index contributed by atoms with van der Waals surface area (Å²) in [4.78, 5) is 12.7. The van der Waals surface area contributed by atoms with Gasteiger partial charge in [0.05, 0.1) is 0 Å². The zero-order valence-corrected chi connectivity index (χ0v) is 7.90. The maximum Gasteiger partial charge on any atom is 0.239 e. The number of carbonyl (C=O) groups excluding carboxylic acids is 1. The summed E-state index contributed by atoms with van der Waals surface area (Å²) in [6, 6.07) is 9.41. The minimum atomic E-state index is -0.314. The number of likely N-dealkylation sites (N-methyl/N-ethyl adjacent to an activating group) is 1. The second-order valence-corrected chi connectivity index (χ2v) is 3.02. The lowest BCUT2D eigenvalue weighted by atomic mass is 10.2. The van der Waals surface area contributed by atoms with E-state index in [1.807, 2.05) is 42.3 Å². The molecule has 0 aliphatic rings. The minimum absolute atomic E-state index is 0.276. The molecule has 2 N–H and O–H groups in total. The summed E-state index contributed by atoms with van der Waals surface area (Å²) in [7, 11) is 1.85. The topological polar surface area (TPSA) is 46.3 Å². The molecular formula is C10H14N2O. The molecule has 1 rings (SSSR count). The van der Waals surface area contributed by atoms with Gasteiger partial charge in [0.2, 0.25) is 5.91 Å². The van der Waals surface area contributed by atoms with E-state index in [9.17, 15) is 4.79 Å². The number of primary amides is 1. The largest absolute Gasteiger partial charge is 0.368 e. The van der Waals surface area contributed by atoms with Crippen molar-refractivity contribution >= 4 is 11.6 Å². The van der Waals surface area contributed by atoms with Crippen molar-refractivity contribution < 1.29 is 4.79 Å². The van der Waals surface area contributed by atoms with Crippen LogP contribution in [0.4, 0.5) is 5.69 Å². The molecule has 3 nitrogen and oxygen atoms in total. The summed E-state index contributed by atoms with van der Waals surface area (Å²) >= 11 is 0. The first-order valence-corrected chi connectivity index (χ1v) is 4.20. The van der Waals surface area contributed by atoms with Crippen molar-refractivity contribution in [3.63, 3.8) is 0 Å². The monoisotopic (exact) mass is 178 g/mol. The lowest BCUT2D eigenvalue weighted by molar-refractivity contribution is -0.118. The van der Waals surface area contributed by atoms with E-state index < -0.39 is 0 Å². The second-order valence-electron chi connectivity index (χ2n) is 3.02. The van der Waals surface area contributed by atoms with Gasteiger partial charge in [-0.3, -0.25) is 4.79 Å². The smallest absolute Gasteiger partial charge is 0.239 e. The summed E-state index contributed by atoms with van der Waals surface area (Å²) in [6.45, 7) is 1.79. The fraction of sp³-hybridized carbons (Fsp3) is 0.300. The van der Waals surface area contributed by atoms with E-state index in [0.29, 0.717) is 0 Å². The Kier molecular flexibility index (Phi) is 2.90. The first-order chi connectivity index (χ1) is 6.13. The molecule has 1 aromatic carbocycles. The average molecular weight is 178 g/mol. The zero-order chi connectivity index (χ0) is 9.84. The lowest BCUT2D eigenvalue weighted by Crippen LogP contribution is -2.40. The number of para-hydroxylation sites is 1. The molecule has 1 amide bonds. The van der Waals surface area contributed by atoms with Crippen LogP contribution in [0.1, 0.15) is 6.92 Å². The van der Waals surface area contributed by atoms with Crippen LogP contribution in [0.3, 0.4) is 0 Å². The molecule has 0 aromatic heterocycles. The Bertz CT molecular complexity index is 284. The van der Waals surface area contributed by atoms with Crippen LogP contribution in [0.25, 0.3) is 0 Å². The first-order valence-electron chi connectivity index (χ1n) is 4.20. The van der Waals surface area contributed by atoms with Crippen molar-refractivity contribution in [2.45, 2.75) is 13.0 Å². The third-order valence-corrected chi connectivity index (χ3v) is 2.16. The summed E-state index contributed by atoms with van der Waals surface area (Å²) < 4.78 is 0. The number of hydrogen-bond acceptors (Lipinski definition) is 2. The van der Waals surface area contributed by atoms with Crippen LogP contribution in [0.5, 0.6) is 0 Å². The molecule has 0 heterocycles. The van der Waals surface area contributed by atoms with Gasteiger partial charge >= 0.3 is 0 Å². The predicted molar refractivity (Wildman–Crippen MR) is 53.5 cm³/mol. The fourth-order valence-corrected chi connectivity index (χ4v) is 1.08. The van der Waals surface area contributed by atoms with E-state index in [0.717, 1.165) is 5.69 Å². The Hall–Kier alpha value is -1.51.